The molecule has 2 aromatic carbocycles. The zero-order valence-electron chi connectivity index (χ0n) is 15.2. The van der Waals surface area contributed by atoms with Gasteiger partial charge in [0, 0.05) is 10.9 Å². The molecule has 0 spiro atoms. The smallest absolute Gasteiger partial charge is 0.252 e. The Balaban J connectivity index is 1.84. The highest BCUT2D eigenvalue weighted by Crippen LogP contribution is 2.38. The number of para-hydroxylation sites is 1. The standard InChI is InChI=1S/C20H21NO5/c1-12(16-9-13-7-5-6-8-15(13)26-16)21-20(22)14-10-17(23-2)19(25-4)18(11-14)24-3/h5-12H,1-4H3,(H,21,22). The average molecular weight is 355 g/mol. The van der Waals surface area contributed by atoms with Gasteiger partial charge in [0.15, 0.2) is 11.5 Å². The van der Waals surface area contributed by atoms with Crippen LogP contribution in [0.15, 0.2) is 46.9 Å². The fourth-order valence-electron chi connectivity index (χ4n) is 2.78. The molecule has 0 aliphatic rings. The highest BCUT2D eigenvalue weighted by atomic mass is 16.5. The Bertz CT molecular complexity index is 873. The normalized spacial score (nSPS) is 11.8. The molecule has 1 atom stereocenters. The van der Waals surface area contributed by atoms with Crippen molar-refractivity contribution >= 4 is 16.9 Å². The molecule has 3 rings (SSSR count). The van der Waals surface area contributed by atoms with Crippen LogP contribution in [0, 0.1) is 0 Å². The van der Waals surface area contributed by atoms with E-state index in [2.05, 4.69) is 5.32 Å². The van der Waals surface area contributed by atoms with Crippen LogP contribution in [0.5, 0.6) is 17.2 Å². The van der Waals surface area contributed by atoms with Gasteiger partial charge < -0.3 is 23.9 Å². The number of hydrogen-bond acceptors (Lipinski definition) is 5. The van der Waals surface area contributed by atoms with E-state index >= 15 is 0 Å². The third-order valence-electron chi connectivity index (χ3n) is 4.15. The molecule has 0 radical (unpaired) electrons. The summed E-state index contributed by atoms with van der Waals surface area (Å²) in [5.41, 5.74) is 1.19. The van der Waals surface area contributed by atoms with E-state index in [-0.39, 0.29) is 11.9 Å². The Hall–Kier alpha value is -3.15. The lowest BCUT2D eigenvalue weighted by atomic mass is 10.1. The summed E-state index contributed by atoms with van der Waals surface area (Å²) in [7, 11) is 4.54. The molecule has 136 valence electrons. The second kappa shape index (κ2) is 7.39. The summed E-state index contributed by atoms with van der Waals surface area (Å²) >= 11 is 0. The van der Waals surface area contributed by atoms with E-state index < -0.39 is 0 Å². The maximum atomic E-state index is 12.7. The first-order valence-corrected chi connectivity index (χ1v) is 8.16. The number of carbonyl (C=O) groups excluding carboxylic acids is 1. The van der Waals surface area contributed by atoms with Gasteiger partial charge in [-0.1, -0.05) is 18.2 Å². The molecular formula is C20H21NO5. The lowest BCUT2D eigenvalue weighted by Gasteiger charge is -2.15. The van der Waals surface area contributed by atoms with E-state index in [1.54, 1.807) is 12.1 Å². The monoisotopic (exact) mass is 355 g/mol. The van der Waals surface area contributed by atoms with E-state index in [1.165, 1.54) is 21.3 Å². The number of methoxy groups -OCH3 is 3. The summed E-state index contributed by atoms with van der Waals surface area (Å²) in [6, 6.07) is 12.6. The van der Waals surface area contributed by atoms with E-state index in [0.717, 1.165) is 11.0 Å². The number of nitrogens with one attached hydrogen (secondary N) is 1. The van der Waals surface area contributed by atoms with Gasteiger partial charge >= 0.3 is 0 Å². The largest absolute Gasteiger partial charge is 0.493 e. The Morgan fingerprint density at radius 3 is 2.23 bits per heavy atom. The van der Waals surface area contributed by atoms with Gasteiger partial charge in [0.05, 0.1) is 27.4 Å². The first kappa shape index (κ1) is 17.7. The van der Waals surface area contributed by atoms with E-state index in [0.29, 0.717) is 28.6 Å². The Morgan fingerprint density at radius 1 is 1.00 bits per heavy atom. The van der Waals surface area contributed by atoms with Crippen LogP contribution in [0.25, 0.3) is 11.0 Å². The molecule has 0 bridgehead atoms. The van der Waals surface area contributed by atoms with E-state index in [1.807, 2.05) is 37.3 Å². The van der Waals surface area contributed by atoms with E-state index in [4.69, 9.17) is 18.6 Å². The molecule has 1 aromatic heterocycles. The van der Waals surface area contributed by atoms with Crippen molar-refractivity contribution in [1.82, 2.24) is 5.32 Å². The van der Waals surface area contributed by atoms with Gasteiger partial charge in [-0.05, 0) is 31.2 Å². The molecule has 0 fully saturated rings. The van der Waals surface area contributed by atoms with Crippen LogP contribution >= 0.6 is 0 Å². The highest BCUT2D eigenvalue weighted by Gasteiger charge is 2.20. The van der Waals surface area contributed by atoms with E-state index in [9.17, 15) is 4.79 Å². The van der Waals surface area contributed by atoms with Gasteiger partial charge in [0.25, 0.3) is 5.91 Å². The van der Waals surface area contributed by atoms with Crippen molar-refractivity contribution in [3.05, 3.63) is 53.8 Å². The molecule has 1 heterocycles. The zero-order valence-corrected chi connectivity index (χ0v) is 15.2. The fraction of sp³-hybridized carbons (Fsp3) is 0.250. The van der Waals surface area contributed by atoms with Crippen molar-refractivity contribution in [2.24, 2.45) is 0 Å². The van der Waals surface area contributed by atoms with Crippen LogP contribution in [-0.4, -0.2) is 27.2 Å². The predicted octanol–water partition coefficient (Wildman–Crippen LogP) is 3.95. The second-order valence-corrected chi connectivity index (χ2v) is 5.80. The van der Waals surface area contributed by atoms with Gasteiger partial charge in [-0.2, -0.15) is 0 Å². The minimum atomic E-state index is -0.297. The van der Waals surface area contributed by atoms with Gasteiger partial charge in [0.2, 0.25) is 5.75 Å². The molecule has 6 heteroatoms. The van der Waals surface area contributed by atoms with Gasteiger partial charge in [-0.15, -0.1) is 0 Å². The second-order valence-electron chi connectivity index (χ2n) is 5.80. The number of fused-ring (bicyclic) bond motifs is 1. The molecule has 1 unspecified atom stereocenters. The first-order chi connectivity index (χ1) is 12.6. The number of furan rings is 1. The number of hydrogen-bond donors (Lipinski definition) is 1. The number of carbonyl (C=O) groups is 1. The molecule has 0 aliphatic heterocycles. The lowest BCUT2D eigenvalue weighted by molar-refractivity contribution is 0.0935. The van der Waals surface area contributed by atoms with Crippen LogP contribution in [0.2, 0.25) is 0 Å². The number of ether oxygens (including phenoxy) is 3. The molecule has 0 saturated carbocycles. The maximum absolute atomic E-state index is 12.7. The summed E-state index contributed by atoms with van der Waals surface area (Å²) in [5.74, 6) is 1.71. The average Bonchev–Trinajstić information content (AvgIpc) is 3.11. The SMILES string of the molecule is COc1cc(C(=O)NC(C)c2cc3ccccc3o2)cc(OC)c1OC. The van der Waals surface area contributed by atoms with Crippen molar-refractivity contribution in [1.29, 1.82) is 0 Å². The van der Waals surface area contributed by atoms with Gasteiger partial charge in [-0.3, -0.25) is 4.79 Å². The Morgan fingerprint density at radius 2 is 1.65 bits per heavy atom. The zero-order chi connectivity index (χ0) is 18.7. The Kier molecular flexibility index (Phi) is 5.02. The van der Waals surface area contributed by atoms with Crippen molar-refractivity contribution in [2.75, 3.05) is 21.3 Å². The molecule has 3 aromatic rings. The third kappa shape index (κ3) is 3.31. The summed E-state index contributed by atoms with van der Waals surface area (Å²) in [6.07, 6.45) is 0. The van der Waals surface area contributed by atoms with Crippen molar-refractivity contribution in [3.8, 4) is 17.2 Å². The minimum absolute atomic E-state index is 0.266. The first-order valence-electron chi connectivity index (χ1n) is 8.16. The molecule has 0 aliphatic carbocycles. The van der Waals surface area contributed by atoms with Crippen LogP contribution in [0.4, 0.5) is 0 Å². The summed E-state index contributed by atoms with van der Waals surface area (Å²) in [5, 5.41) is 3.93. The summed E-state index contributed by atoms with van der Waals surface area (Å²) in [4.78, 5) is 12.7. The molecular weight excluding hydrogens is 334 g/mol. The minimum Gasteiger partial charge on any atom is -0.493 e. The molecule has 1 amide bonds. The van der Waals surface area contributed by atoms with Crippen LogP contribution in [0.1, 0.15) is 29.1 Å². The van der Waals surface area contributed by atoms with Gasteiger partial charge in [-0.25, -0.2) is 0 Å². The topological polar surface area (TPSA) is 69.9 Å². The van der Waals surface area contributed by atoms with Crippen LogP contribution < -0.4 is 19.5 Å². The molecule has 6 nitrogen and oxygen atoms in total. The third-order valence-corrected chi connectivity index (χ3v) is 4.15. The fourth-order valence-corrected chi connectivity index (χ4v) is 2.78. The molecule has 26 heavy (non-hydrogen) atoms. The maximum Gasteiger partial charge on any atom is 0.252 e. The van der Waals surface area contributed by atoms with Crippen LogP contribution in [-0.2, 0) is 0 Å². The summed E-state index contributed by atoms with van der Waals surface area (Å²) in [6.45, 7) is 1.87. The summed E-state index contributed by atoms with van der Waals surface area (Å²) < 4.78 is 21.7. The highest BCUT2D eigenvalue weighted by molar-refractivity contribution is 5.96. The van der Waals surface area contributed by atoms with Crippen molar-refractivity contribution in [3.63, 3.8) is 0 Å². The number of amides is 1. The quantitative estimate of drug-likeness (QED) is 0.725. The number of rotatable bonds is 6. The van der Waals surface area contributed by atoms with Crippen molar-refractivity contribution < 1.29 is 23.4 Å². The number of benzene rings is 2. The molecule has 1 N–H and O–H groups in total. The Labute approximate surface area is 151 Å². The van der Waals surface area contributed by atoms with Crippen molar-refractivity contribution in [2.45, 2.75) is 13.0 Å². The van der Waals surface area contributed by atoms with Crippen LogP contribution in [0.3, 0.4) is 0 Å². The predicted molar refractivity (Wildman–Crippen MR) is 98.2 cm³/mol. The molecule has 0 saturated heterocycles. The lowest BCUT2D eigenvalue weighted by Crippen LogP contribution is -2.26. The van der Waals surface area contributed by atoms with Gasteiger partial charge in [0.1, 0.15) is 11.3 Å².